The Morgan fingerprint density at radius 1 is 1.10 bits per heavy atom. The topological polar surface area (TPSA) is 118 Å². The number of benzene rings is 1. The van der Waals surface area contributed by atoms with Crippen LogP contribution in [0.2, 0.25) is 0 Å². The van der Waals surface area contributed by atoms with Crippen molar-refractivity contribution in [2.24, 2.45) is 5.14 Å². The molecule has 0 saturated heterocycles. The van der Waals surface area contributed by atoms with Gasteiger partial charge in [-0.15, -0.1) is 0 Å². The van der Waals surface area contributed by atoms with E-state index >= 15 is 0 Å². The minimum Gasteiger partial charge on any atom is -0.309 e. The molecule has 0 fully saturated rings. The largest absolute Gasteiger partial charge is 0.309 e. The Kier molecular flexibility index (Phi) is 5.66. The van der Waals surface area contributed by atoms with Crippen LogP contribution in [-0.4, -0.2) is 36.2 Å². The lowest BCUT2D eigenvalue weighted by atomic mass is 10.1. The molecule has 0 aliphatic rings. The van der Waals surface area contributed by atoms with Crippen LogP contribution in [0.4, 0.5) is 0 Å². The standard InChI is InChI=1S/C11H19N3O4S2/c1-9(13-7-8-14-19(2,15)16)10-3-5-11(6-4-10)20(12,17)18/h3-6,9,13-14H,7-8H2,1-2H3,(H2,12,17,18). The van der Waals surface area contributed by atoms with Crippen molar-refractivity contribution in [3.8, 4) is 0 Å². The molecule has 114 valence electrons. The van der Waals surface area contributed by atoms with E-state index in [1.54, 1.807) is 12.1 Å². The van der Waals surface area contributed by atoms with E-state index in [1.165, 1.54) is 12.1 Å². The van der Waals surface area contributed by atoms with Crippen LogP contribution in [0.5, 0.6) is 0 Å². The molecule has 0 radical (unpaired) electrons. The molecule has 7 nitrogen and oxygen atoms in total. The Labute approximate surface area is 119 Å². The Morgan fingerprint density at radius 2 is 1.65 bits per heavy atom. The lowest BCUT2D eigenvalue weighted by molar-refractivity contribution is 0.556. The second-order valence-electron chi connectivity index (χ2n) is 4.46. The predicted molar refractivity (Wildman–Crippen MR) is 77.1 cm³/mol. The van der Waals surface area contributed by atoms with E-state index in [1.807, 2.05) is 6.92 Å². The highest BCUT2D eigenvalue weighted by molar-refractivity contribution is 7.89. The summed E-state index contributed by atoms with van der Waals surface area (Å²) in [6.45, 7) is 2.65. The molecule has 0 bridgehead atoms. The van der Waals surface area contributed by atoms with Crippen LogP contribution in [0.1, 0.15) is 18.5 Å². The van der Waals surface area contributed by atoms with Crippen LogP contribution in [0, 0.1) is 0 Å². The lowest BCUT2D eigenvalue weighted by Crippen LogP contribution is -2.32. The quantitative estimate of drug-likeness (QED) is 0.587. The number of hydrogen-bond donors (Lipinski definition) is 3. The second kappa shape index (κ2) is 6.64. The van der Waals surface area contributed by atoms with Crippen LogP contribution in [0.25, 0.3) is 0 Å². The van der Waals surface area contributed by atoms with E-state index < -0.39 is 20.0 Å². The molecular weight excluding hydrogens is 302 g/mol. The van der Waals surface area contributed by atoms with Crippen LogP contribution >= 0.6 is 0 Å². The molecule has 1 unspecified atom stereocenters. The van der Waals surface area contributed by atoms with Crippen molar-refractivity contribution in [1.29, 1.82) is 0 Å². The van der Waals surface area contributed by atoms with Crippen LogP contribution in [-0.2, 0) is 20.0 Å². The summed E-state index contributed by atoms with van der Waals surface area (Å²) in [5, 5.41) is 8.14. The molecule has 1 aromatic carbocycles. The van der Waals surface area contributed by atoms with Crippen molar-refractivity contribution in [3.05, 3.63) is 29.8 Å². The van der Waals surface area contributed by atoms with Crippen molar-refractivity contribution < 1.29 is 16.8 Å². The van der Waals surface area contributed by atoms with Gasteiger partial charge >= 0.3 is 0 Å². The van der Waals surface area contributed by atoms with E-state index in [-0.39, 0.29) is 10.9 Å². The van der Waals surface area contributed by atoms with Gasteiger partial charge < -0.3 is 5.32 Å². The normalized spacial score (nSPS) is 14.2. The summed E-state index contributed by atoms with van der Waals surface area (Å²) >= 11 is 0. The fourth-order valence-corrected chi connectivity index (χ4v) is 2.58. The van der Waals surface area contributed by atoms with E-state index in [2.05, 4.69) is 10.0 Å². The molecule has 0 spiro atoms. The fourth-order valence-electron chi connectivity index (χ4n) is 1.59. The van der Waals surface area contributed by atoms with Gasteiger partial charge in [0.15, 0.2) is 0 Å². The molecule has 0 saturated carbocycles. The number of nitrogens with two attached hydrogens (primary N) is 1. The SMILES string of the molecule is CC(NCCNS(C)(=O)=O)c1ccc(S(N)(=O)=O)cc1. The highest BCUT2D eigenvalue weighted by atomic mass is 32.2. The molecule has 0 aromatic heterocycles. The van der Waals surface area contributed by atoms with Crippen molar-refractivity contribution in [1.82, 2.24) is 10.0 Å². The second-order valence-corrected chi connectivity index (χ2v) is 7.85. The molecule has 0 aliphatic carbocycles. The minimum atomic E-state index is -3.68. The van der Waals surface area contributed by atoms with E-state index in [0.29, 0.717) is 13.1 Å². The number of nitrogens with one attached hydrogen (secondary N) is 2. The number of hydrogen-bond acceptors (Lipinski definition) is 5. The highest BCUT2D eigenvalue weighted by Gasteiger charge is 2.09. The summed E-state index contributed by atoms with van der Waals surface area (Å²) in [7, 11) is -6.86. The third-order valence-electron chi connectivity index (χ3n) is 2.65. The molecule has 4 N–H and O–H groups in total. The number of rotatable bonds is 7. The van der Waals surface area contributed by atoms with Gasteiger partial charge in [0.05, 0.1) is 11.2 Å². The van der Waals surface area contributed by atoms with Gasteiger partial charge in [-0.1, -0.05) is 12.1 Å². The molecule has 20 heavy (non-hydrogen) atoms. The van der Waals surface area contributed by atoms with Crippen molar-refractivity contribution >= 4 is 20.0 Å². The molecule has 0 heterocycles. The van der Waals surface area contributed by atoms with Gasteiger partial charge in [-0.25, -0.2) is 26.7 Å². The van der Waals surface area contributed by atoms with Gasteiger partial charge in [-0.2, -0.15) is 0 Å². The monoisotopic (exact) mass is 321 g/mol. The van der Waals surface area contributed by atoms with Crippen LogP contribution in [0.3, 0.4) is 0 Å². The first kappa shape index (κ1) is 17.1. The van der Waals surface area contributed by atoms with Crippen LogP contribution < -0.4 is 15.2 Å². The minimum absolute atomic E-state index is 0.0362. The maximum Gasteiger partial charge on any atom is 0.238 e. The zero-order chi connectivity index (χ0) is 15.4. The smallest absolute Gasteiger partial charge is 0.238 e. The predicted octanol–water partition coefficient (Wildman–Crippen LogP) is -0.466. The summed E-state index contributed by atoms with van der Waals surface area (Å²) in [4.78, 5) is 0.0622. The average molecular weight is 321 g/mol. The Hall–Kier alpha value is -1.00. The molecule has 1 aromatic rings. The maximum atomic E-state index is 11.1. The first-order valence-electron chi connectivity index (χ1n) is 5.90. The van der Waals surface area contributed by atoms with Gasteiger partial charge in [-0.05, 0) is 24.6 Å². The first-order chi connectivity index (χ1) is 9.09. The molecule has 1 atom stereocenters. The molecule has 1 rings (SSSR count). The van der Waals surface area contributed by atoms with Crippen molar-refractivity contribution in [2.45, 2.75) is 17.9 Å². The number of sulfonamides is 2. The van der Waals surface area contributed by atoms with Gasteiger partial charge in [-0.3, -0.25) is 0 Å². The maximum absolute atomic E-state index is 11.1. The third-order valence-corrected chi connectivity index (χ3v) is 4.31. The van der Waals surface area contributed by atoms with Crippen molar-refractivity contribution in [2.75, 3.05) is 19.3 Å². The Morgan fingerprint density at radius 3 is 2.10 bits per heavy atom. The molecule has 9 heteroatoms. The van der Waals surface area contributed by atoms with Gasteiger partial charge in [0.1, 0.15) is 0 Å². The summed E-state index contributed by atoms with van der Waals surface area (Å²) in [5.74, 6) is 0. The van der Waals surface area contributed by atoms with Gasteiger partial charge in [0.2, 0.25) is 20.0 Å². The third kappa shape index (κ3) is 5.97. The van der Waals surface area contributed by atoms with E-state index in [9.17, 15) is 16.8 Å². The highest BCUT2D eigenvalue weighted by Crippen LogP contribution is 2.15. The summed E-state index contributed by atoms with van der Waals surface area (Å²) in [6.07, 6.45) is 1.10. The average Bonchev–Trinajstić information content (AvgIpc) is 2.32. The molecular formula is C11H19N3O4S2. The van der Waals surface area contributed by atoms with Gasteiger partial charge in [0, 0.05) is 19.1 Å². The zero-order valence-corrected chi connectivity index (χ0v) is 13.0. The Bertz CT molecular complexity index is 639. The van der Waals surface area contributed by atoms with E-state index in [4.69, 9.17) is 5.14 Å². The van der Waals surface area contributed by atoms with E-state index in [0.717, 1.165) is 11.8 Å². The summed E-state index contributed by atoms with van der Waals surface area (Å²) in [6, 6.07) is 6.18. The summed E-state index contributed by atoms with van der Waals surface area (Å²) < 4.78 is 46.3. The fraction of sp³-hybridized carbons (Fsp3) is 0.455. The molecule has 0 amide bonds. The molecule has 0 aliphatic heterocycles. The lowest BCUT2D eigenvalue weighted by Gasteiger charge is -2.14. The summed E-state index contributed by atoms with van der Waals surface area (Å²) in [5.41, 5.74) is 0.886. The first-order valence-corrected chi connectivity index (χ1v) is 9.34. The Balaban J connectivity index is 2.54. The zero-order valence-electron chi connectivity index (χ0n) is 11.3. The van der Waals surface area contributed by atoms with Crippen molar-refractivity contribution in [3.63, 3.8) is 0 Å². The van der Waals surface area contributed by atoms with Crippen LogP contribution in [0.15, 0.2) is 29.2 Å². The van der Waals surface area contributed by atoms with Gasteiger partial charge in [0.25, 0.3) is 0 Å². The number of primary sulfonamides is 1.